The molecule has 2 bridgehead atoms. The third-order valence-corrected chi connectivity index (χ3v) is 8.16. The number of ether oxygens (including phenoxy) is 2. The van der Waals surface area contributed by atoms with Crippen molar-refractivity contribution < 1.29 is 19.1 Å². The molecule has 0 radical (unpaired) electrons. The van der Waals surface area contributed by atoms with E-state index < -0.39 is 5.60 Å². The molecule has 2 fully saturated rings. The van der Waals surface area contributed by atoms with Crippen LogP contribution in [0.15, 0.2) is 36.4 Å². The minimum atomic E-state index is -0.715. The Labute approximate surface area is 196 Å². The van der Waals surface area contributed by atoms with Crippen molar-refractivity contribution in [2.75, 3.05) is 0 Å². The number of benzene rings is 2. The fourth-order valence-corrected chi connectivity index (χ4v) is 5.98. The molecule has 0 saturated heterocycles. The number of carbonyl (C=O) groups excluding carboxylic acids is 2. The second-order valence-electron chi connectivity index (χ2n) is 10.7. The van der Waals surface area contributed by atoms with Gasteiger partial charge in [-0.1, -0.05) is 44.2 Å². The van der Waals surface area contributed by atoms with Crippen LogP contribution in [-0.4, -0.2) is 18.0 Å². The minimum Gasteiger partial charge on any atom is -0.462 e. The van der Waals surface area contributed by atoms with E-state index in [1.807, 2.05) is 27.7 Å². The first kappa shape index (κ1) is 22.2. The lowest BCUT2D eigenvalue weighted by atomic mass is 9.86. The minimum absolute atomic E-state index is 0.0388. The molecule has 33 heavy (non-hydrogen) atoms. The lowest BCUT2D eigenvalue weighted by Gasteiger charge is -2.32. The molecule has 5 rings (SSSR count). The van der Waals surface area contributed by atoms with Gasteiger partial charge in [0.2, 0.25) is 0 Å². The van der Waals surface area contributed by atoms with Gasteiger partial charge in [0.1, 0.15) is 11.7 Å². The third-order valence-electron chi connectivity index (χ3n) is 8.16. The van der Waals surface area contributed by atoms with Crippen LogP contribution in [0.1, 0.15) is 70.1 Å². The second kappa shape index (κ2) is 8.30. The fourth-order valence-electron chi connectivity index (χ4n) is 5.98. The molecule has 0 spiro atoms. The Balaban J connectivity index is 1.28. The zero-order valence-corrected chi connectivity index (χ0v) is 20.1. The first-order chi connectivity index (χ1) is 15.8. The van der Waals surface area contributed by atoms with Gasteiger partial charge in [0.05, 0.1) is 11.8 Å². The van der Waals surface area contributed by atoms with Gasteiger partial charge in [0.15, 0.2) is 0 Å². The highest BCUT2D eigenvalue weighted by molar-refractivity contribution is 5.95. The molecule has 0 aliphatic heterocycles. The van der Waals surface area contributed by atoms with Gasteiger partial charge in [-0.05, 0) is 97.4 Å². The molecule has 2 aromatic carbocycles. The predicted molar refractivity (Wildman–Crippen MR) is 129 cm³/mol. The number of fused-ring (bicyclic) bond motifs is 2. The number of allylic oxidation sites excluding steroid dienone is 1. The topological polar surface area (TPSA) is 52.6 Å². The average molecular weight is 447 g/mol. The van der Waals surface area contributed by atoms with Crippen LogP contribution in [0.4, 0.5) is 0 Å². The summed E-state index contributed by atoms with van der Waals surface area (Å²) in [6, 6.07) is 10.8. The van der Waals surface area contributed by atoms with E-state index in [-0.39, 0.29) is 41.7 Å². The Morgan fingerprint density at radius 2 is 1.94 bits per heavy atom. The Bertz CT molecular complexity index is 1130. The first-order valence-corrected chi connectivity index (χ1v) is 12.4. The molecule has 5 unspecified atom stereocenters. The number of hydrogen-bond acceptors (Lipinski definition) is 4. The summed E-state index contributed by atoms with van der Waals surface area (Å²) < 4.78 is 11.9. The van der Waals surface area contributed by atoms with Crippen molar-refractivity contribution in [1.82, 2.24) is 0 Å². The number of carbonyl (C=O) groups is 2. The summed E-state index contributed by atoms with van der Waals surface area (Å²) in [5.74, 6) is 0.139. The van der Waals surface area contributed by atoms with Crippen molar-refractivity contribution in [3.05, 3.63) is 53.1 Å². The molecule has 5 atom stereocenters. The number of rotatable bonds is 6. The van der Waals surface area contributed by atoms with Gasteiger partial charge in [-0.3, -0.25) is 9.59 Å². The van der Waals surface area contributed by atoms with Gasteiger partial charge in [-0.15, -0.1) is 0 Å². The predicted octanol–water partition coefficient (Wildman–Crippen LogP) is 6.19. The number of hydrogen-bond donors (Lipinski definition) is 0. The van der Waals surface area contributed by atoms with Gasteiger partial charge in [-0.25, -0.2) is 0 Å². The molecule has 3 aliphatic carbocycles. The normalized spacial score (nSPS) is 26.4. The third kappa shape index (κ3) is 3.98. The Kier molecular flexibility index (Phi) is 5.58. The van der Waals surface area contributed by atoms with E-state index in [1.54, 1.807) is 0 Å². The van der Waals surface area contributed by atoms with E-state index in [9.17, 15) is 9.59 Å². The van der Waals surface area contributed by atoms with Crippen LogP contribution < -0.4 is 0 Å². The van der Waals surface area contributed by atoms with E-state index in [0.29, 0.717) is 0 Å². The molecule has 4 nitrogen and oxygen atoms in total. The number of esters is 2. The Hall–Kier alpha value is -2.62. The maximum absolute atomic E-state index is 13.2. The molecule has 2 saturated carbocycles. The highest BCUT2D eigenvalue weighted by Crippen LogP contribution is 2.51. The maximum Gasteiger partial charge on any atom is 0.310 e. The van der Waals surface area contributed by atoms with Crippen LogP contribution in [0.5, 0.6) is 0 Å². The van der Waals surface area contributed by atoms with Crippen molar-refractivity contribution in [1.29, 1.82) is 0 Å². The molecule has 2 aromatic rings. The van der Waals surface area contributed by atoms with Gasteiger partial charge in [-0.2, -0.15) is 0 Å². The molecule has 174 valence electrons. The standard InChI is InChI=1S/C29H34O4/c1-5-17(2)27(30)32-25-16-21-12-22(25)15-24(21)28(31)33-29(3,4)23-13-19-10-6-8-18-9-7-11-20(14-23)26(18)19/h6-8,10-11,13-14,17,21-22,24-25H,5,9,12,15-16H2,1-4H3. The highest BCUT2D eigenvalue weighted by atomic mass is 16.6. The van der Waals surface area contributed by atoms with E-state index >= 15 is 0 Å². The lowest BCUT2D eigenvalue weighted by Crippen LogP contribution is -2.35. The largest absolute Gasteiger partial charge is 0.462 e. The quantitative estimate of drug-likeness (QED) is 0.496. The summed E-state index contributed by atoms with van der Waals surface area (Å²) in [5, 5.41) is 2.50. The molecule has 0 amide bonds. The fraction of sp³-hybridized carbons (Fsp3) is 0.517. The first-order valence-electron chi connectivity index (χ1n) is 12.4. The van der Waals surface area contributed by atoms with Crippen LogP contribution in [0.3, 0.4) is 0 Å². The summed E-state index contributed by atoms with van der Waals surface area (Å²) >= 11 is 0. The smallest absolute Gasteiger partial charge is 0.310 e. The summed E-state index contributed by atoms with van der Waals surface area (Å²) in [4.78, 5) is 25.5. The van der Waals surface area contributed by atoms with Gasteiger partial charge in [0, 0.05) is 0 Å². The molecule has 0 heterocycles. The summed E-state index contributed by atoms with van der Waals surface area (Å²) in [7, 11) is 0. The van der Waals surface area contributed by atoms with Gasteiger partial charge < -0.3 is 9.47 Å². The van der Waals surface area contributed by atoms with Crippen LogP contribution in [0.25, 0.3) is 16.8 Å². The van der Waals surface area contributed by atoms with Crippen LogP contribution in [0, 0.1) is 23.7 Å². The van der Waals surface area contributed by atoms with Crippen molar-refractivity contribution in [3.8, 4) is 0 Å². The molecule has 0 aromatic heterocycles. The summed E-state index contributed by atoms with van der Waals surface area (Å²) in [5.41, 5.74) is 2.84. The highest BCUT2D eigenvalue weighted by Gasteiger charge is 2.51. The van der Waals surface area contributed by atoms with Crippen LogP contribution in [0.2, 0.25) is 0 Å². The SMILES string of the molecule is CCC(C)C(=O)OC1CC2CC1CC2C(=O)OC(C)(C)c1cc2c3c(cccc3c1)CC=C2. The zero-order valence-electron chi connectivity index (χ0n) is 20.1. The molecular weight excluding hydrogens is 412 g/mol. The van der Waals surface area contributed by atoms with Gasteiger partial charge >= 0.3 is 11.9 Å². The zero-order chi connectivity index (χ0) is 23.3. The molecular formula is C29H34O4. The van der Waals surface area contributed by atoms with Crippen LogP contribution >= 0.6 is 0 Å². The maximum atomic E-state index is 13.2. The molecule has 4 heteroatoms. The molecule has 3 aliphatic rings. The monoisotopic (exact) mass is 446 g/mol. The lowest BCUT2D eigenvalue weighted by molar-refractivity contribution is -0.166. The second-order valence-corrected chi connectivity index (χ2v) is 10.7. The van der Waals surface area contributed by atoms with Crippen molar-refractivity contribution in [2.45, 2.75) is 71.5 Å². The Morgan fingerprint density at radius 1 is 1.12 bits per heavy atom. The van der Waals surface area contributed by atoms with Crippen molar-refractivity contribution in [3.63, 3.8) is 0 Å². The van der Waals surface area contributed by atoms with Crippen molar-refractivity contribution in [2.24, 2.45) is 23.7 Å². The Morgan fingerprint density at radius 3 is 2.67 bits per heavy atom. The van der Waals surface area contributed by atoms with E-state index in [1.165, 1.54) is 21.9 Å². The van der Waals surface area contributed by atoms with Crippen LogP contribution in [-0.2, 0) is 31.1 Å². The van der Waals surface area contributed by atoms with Crippen molar-refractivity contribution >= 4 is 28.8 Å². The average Bonchev–Trinajstić information content (AvgIpc) is 3.39. The van der Waals surface area contributed by atoms with E-state index in [0.717, 1.165) is 37.7 Å². The summed E-state index contributed by atoms with van der Waals surface area (Å²) in [6.07, 6.45) is 8.56. The summed E-state index contributed by atoms with van der Waals surface area (Å²) in [6.45, 7) is 7.88. The van der Waals surface area contributed by atoms with Gasteiger partial charge in [0.25, 0.3) is 0 Å². The molecule has 0 N–H and O–H groups in total. The van der Waals surface area contributed by atoms with E-state index in [2.05, 4.69) is 42.5 Å². The van der Waals surface area contributed by atoms with E-state index in [4.69, 9.17) is 9.47 Å².